The van der Waals surface area contributed by atoms with Crippen LogP contribution in [0.1, 0.15) is 32.8 Å². The topological polar surface area (TPSA) is 84.5 Å². The number of ketones is 1. The number of hydrogen-bond acceptors (Lipinski definition) is 5. The average molecular weight is 527 g/mol. The number of hydrogen-bond donors (Lipinski definition) is 2. The van der Waals surface area contributed by atoms with E-state index in [1.54, 1.807) is 6.07 Å². The summed E-state index contributed by atoms with van der Waals surface area (Å²) < 4.78 is 5.37. The van der Waals surface area contributed by atoms with Gasteiger partial charge in [-0.2, -0.15) is 0 Å². The zero-order valence-corrected chi connectivity index (χ0v) is 21.7. The second kappa shape index (κ2) is 13.9. The SMILES string of the molecule is O=C(N[C@@H](Cc1ccccc1)C(=O)NC(CCc1ccccc1)C(=O)c1cccs1)OCc1ccccc1. The highest BCUT2D eigenvalue weighted by Crippen LogP contribution is 2.16. The molecule has 0 aliphatic carbocycles. The summed E-state index contributed by atoms with van der Waals surface area (Å²) in [6.45, 7) is 0.0862. The Morgan fingerprint density at radius 3 is 1.89 bits per heavy atom. The van der Waals surface area contributed by atoms with E-state index in [1.165, 1.54) is 11.3 Å². The quantitative estimate of drug-likeness (QED) is 0.236. The van der Waals surface area contributed by atoms with Crippen molar-refractivity contribution in [2.75, 3.05) is 0 Å². The predicted molar refractivity (Wildman–Crippen MR) is 149 cm³/mol. The number of rotatable bonds is 12. The van der Waals surface area contributed by atoms with Crippen LogP contribution in [0.15, 0.2) is 109 Å². The van der Waals surface area contributed by atoms with Gasteiger partial charge in [0.15, 0.2) is 5.78 Å². The number of benzene rings is 3. The number of aryl methyl sites for hydroxylation is 1. The van der Waals surface area contributed by atoms with Gasteiger partial charge >= 0.3 is 6.09 Å². The summed E-state index contributed by atoms with van der Waals surface area (Å²) in [6.07, 6.45) is 0.614. The van der Waals surface area contributed by atoms with E-state index in [-0.39, 0.29) is 18.8 Å². The van der Waals surface area contributed by atoms with Gasteiger partial charge in [0.1, 0.15) is 12.6 Å². The van der Waals surface area contributed by atoms with Gasteiger partial charge in [-0.1, -0.05) is 97.1 Å². The lowest BCUT2D eigenvalue weighted by Crippen LogP contribution is -2.52. The number of alkyl carbamates (subject to hydrolysis) is 1. The second-order valence-corrected chi connectivity index (χ2v) is 9.82. The molecule has 0 radical (unpaired) electrons. The number of ether oxygens (including phenoxy) is 1. The molecule has 194 valence electrons. The number of carbonyl (C=O) groups excluding carboxylic acids is 3. The number of carbonyl (C=O) groups is 3. The minimum atomic E-state index is -0.920. The van der Waals surface area contributed by atoms with Crippen LogP contribution >= 0.6 is 11.3 Å². The van der Waals surface area contributed by atoms with Crippen LogP contribution in [0, 0.1) is 0 Å². The van der Waals surface area contributed by atoms with Crippen molar-refractivity contribution in [3.63, 3.8) is 0 Å². The van der Waals surface area contributed by atoms with Gasteiger partial charge in [0.05, 0.1) is 10.9 Å². The largest absolute Gasteiger partial charge is 0.445 e. The monoisotopic (exact) mass is 526 g/mol. The predicted octanol–water partition coefficient (Wildman–Crippen LogP) is 5.59. The maximum Gasteiger partial charge on any atom is 0.408 e. The highest BCUT2D eigenvalue weighted by atomic mass is 32.1. The Hall–Kier alpha value is -4.23. The Balaban J connectivity index is 1.47. The summed E-state index contributed by atoms with van der Waals surface area (Å²) >= 11 is 1.34. The molecule has 2 N–H and O–H groups in total. The second-order valence-electron chi connectivity index (χ2n) is 8.88. The van der Waals surface area contributed by atoms with E-state index in [1.807, 2.05) is 102 Å². The lowest BCUT2D eigenvalue weighted by Gasteiger charge is -2.23. The molecular formula is C31H30N2O4S. The third kappa shape index (κ3) is 8.15. The molecule has 7 heteroatoms. The fourth-order valence-electron chi connectivity index (χ4n) is 4.05. The Bertz CT molecular complexity index is 1300. The van der Waals surface area contributed by atoms with Crippen molar-refractivity contribution in [1.82, 2.24) is 10.6 Å². The summed E-state index contributed by atoms with van der Waals surface area (Å²) in [7, 11) is 0. The van der Waals surface area contributed by atoms with Crippen molar-refractivity contribution in [2.24, 2.45) is 0 Å². The molecule has 4 rings (SSSR count). The van der Waals surface area contributed by atoms with Gasteiger partial charge in [-0.05, 0) is 41.0 Å². The van der Waals surface area contributed by atoms with Crippen molar-refractivity contribution in [1.29, 1.82) is 0 Å². The number of nitrogens with one attached hydrogen (secondary N) is 2. The van der Waals surface area contributed by atoms with Crippen molar-refractivity contribution in [3.8, 4) is 0 Å². The van der Waals surface area contributed by atoms with Gasteiger partial charge in [-0.3, -0.25) is 9.59 Å². The zero-order chi connectivity index (χ0) is 26.6. The molecule has 2 amide bonds. The summed E-state index contributed by atoms with van der Waals surface area (Å²) in [5.74, 6) is -0.581. The third-order valence-electron chi connectivity index (χ3n) is 6.07. The maximum absolute atomic E-state index is 13.5. The van der Waals surface area contributed by atoms with Gasteiger partial charge in [0.2, 0.25) is 5.91 Å². The molecule has 0 saturated carbocycles. The molecule has 1 unspecified atom stereocenters. The first-order valence-corrected chi connectivity index (χ1v) is 13.4. The smallest absolute Gasteiger partial charge is 0.408 e. The van der Waals surface area contributed by atoms with Gasteiger partial charge in [0, 0.05) is 6.42 Å². The van der Waals surface area contributed by atoms with E-state index in [0.717, 1.165) is 16.7 Å². The van der Waals surface area contributed by atoms with Gasteiger partial charge in [-0.15, -0.1) is 11.3 Å². The number of thiophene rings is 1. The first kappa shape index (κ1) is 26.8. The lowest BCUT2D eigenvalue weighted by atomic mass is 10.00. The molecule has 0 aliphatic heterocycles. The minimum Gasteiger partial charge on any atom is -0.445 e. The number of Topliss-reactive ketones (excluding diaryl/α,β-unsaturated/α-hetero) is 1. The molecule has 0 spiro atoms. The van der Waals surface area contributed by atoms with E-state index in [4.69, 9.17) is 4.74 Å². The Morgan fingerprint density at radius 1 is 0.684 bits per heavy atom. The summed E-state index contributed by atoms with van der Waals surface area (Å²) in [4.78, 5) is 40.1. The van der Waals surface area contributed by atoms with Crippen LogP contribution < -0.4 is 10.6 Å². The Kier molecular flexibility index (Phi) is 9.82. The van der Waals surface area contributed by atoms with Gasteiger partial charge < -0.3 is 15.4 Å². The molecule has 2 atom stereocenters. The fourth-order valence-corrected chi connectivity index (χ4v) is 4.77. The highest BCUT2D eigenvalue weighted by Gasteiger charge is 2.28. The van der Waals surface area contributed by atoms with Crippen LogP contribution in [0.3, 0.4) is 0 Å². The van der Waals surface area contributed by atoms with E-state index in [0.29, 0.717) is 17.7 Å². The van der Waals surface area contributed by atoms with Crippen LogP contribution in [0.4, 0.5) is 4.79 Å². The normalized spacial score (nSPS) is 12.2. The molecular weight excluding hydrogens is 496 g/mol. The summed E-state index contributed by atoms with van der Waals surface area (Å²) in [5.41, 5.74) is 2.80. The van der Waals surface area contributed by atoms with E-state index >= 15 is 0 Å². The van der Waals surface area contributed by atoms with Crippen molar-refractivity contribution < 1.29 is 19.1 Å². The molecule has 0 saturated heterocycles. The first-order valence-electron chi connectivity index (χ1n) is 12.5. The van der Waals surface area contributed by atoms with Crippen LogP contribution in [0.25, 0.3) is 0 Å². The van der Waals surface area contributed by atoms with Crippen LogP contribution in [-0.2, 0) is 29.0 Å². The van der Waals surface area contributed by atoms with Crippen LogP contribution in [-0.4, -0.2) is 29.9 Å². The molecule has 1 aromatic heterocycles. The maximum atomic E-state index is 13.5. The van der Waals surface area contributed by atoms with Crippen molar-refractivity contribution in [3.05, 3.63) is 130 Å². The van der Waals surface area contributed by atoms with E-state index in [2.05, 4.69) is 10.6 Å². The Morgan fingerprint density at radius 2 is 1.29 bits per heavy atom. The molecule has 1 heterocycles. The zero-order valence-electron chi connectivity index (χ0n) is 20.9. The van der Waals surface area contributed by atoms with Crippen LogP contribution in [0.2, 0.25) is 0 Å². The van der Waals surface area contributed by atoms with Crippen molar-refractivity contribution >= 4 is 29.1 Å². The molecule has 0 fully saturated rings. The highest BCUT2D eigenvalue weighted by molar-refractivity contribution is 7.12. The Labute approximate surface area is 226 Å². The van der Waals surface area contributed by atoms with E-state index in [9.17, 15) is 14.4 Å². The molecule has 38 heavy (non-hydrogen) atoms. The molecule has 4 aromatic rings. The first-order chi connectivity index (χ1) is 18.6. The van der Waals surface area contributed by atoms with Crippen LogP contribution in [0.5, 0.6) is 0 Å². The summed E-state index contributed by atoms with van der Waals surface area (Å²) in [5, 5.41) is 7.47. The molecule has 3 aromatic carbocycles. The number of amides is 2. The standard InChI is InChI=1S/C31H30N2O4S/c34-29(28-17-10-20-38-28)26(19-18-23-11-4-1-5-12-23)32-30(35)27(21-24-13-6-2-7-14-24)33-31(36)37-22-25-15-8-3-9-16-25/h1-17,20,26-27H,18-19,21-22H2,(H,32,35)(H,33,36)/t26?,27-/m0/s1. The fraction of sp³-hybridized carbons (Fsp3) is 0.194. The molecule has 6 nitrogen and oxygen atoms in total. The molecule has 0 bridgehead atoms. The van der Waals surface area contributed by atoms with Gasteiger partial charge in [0.25, 0.3) is 0 Å². The van der Waals surface area contributed by atoms with Crippen molar-refractivity contribution in [2.45, 2.75) is 38.0 Å². The lowest BCUT2D eigenvalue weighted by molar-refractivity contribution is -0.123. The minimum absolute atomic E-state index is 0.0862. The van der Waals surface area contributed by atoms with Gasteiger partial charge in [-0.25, -0.2) is 4.79 Å². The average Bonchev–Trinajstić information content (AvgIpc) is 3.50. The summed E-state index contributed by atoms with van der Waals surface area (Å²) in [6, 6.07) is 30.5. The third-order valence-corrected chi connectivity index (χ3v) is 6.95. The molecule has 0 aliphatic rings. The van der Waals surface area contributed by atoms with E-state index < -0.39 is 24.1 Å².